The van der Waals surface area contributed by atoms with Crippen molar-refractivity contribution >= 4 is 11.9 Å². The number of aliphatic hydroxyl groups excluding tert-OH is 6. The van der Waals surface area contributed by atoms with Gasteiger partial charge in [0.1, 0.15) is 24.4 Å². The molecule has 0 aliphatic rings. The molecule has 0 unspecified atom stereocenters. The second kappa shape index (κ2) is 11.8. The molecule has 10 nitrogen and oxygen atoms in total. The maximum absolute atomic E-state index is 9.67. The van der Waals surface area contributed by atoms with Gasteiger partial charge in [0.2, 0.25) is 0 Å². The van der Waals surface area contributed by atoms with Gasteiger partial charge in [0, 0.05) is 0 Å². The van der Waals surface area contributed by atoms with Crippen molar-refractivity contribution in [2.24, 2.45) is 0 Å². The van der Waals surface area contributed by atoms with E-state index in [-0.39, 0.29) is 7.43 Å². The lowest BCUT2D eigenvalue weighted by atomic mass is 10.2. The van der Waals surface area contributed by atoms with Crippen molar-refractivity contribution in [2.75, 3.05) is 13.2 Å². The number of rotatable bonds is 6. The number of carbonyl (C=O) groups excluding carboxylic acids is 2. The Balaban J connectivity index is -0.000000256. The van der Waals surface area contributed by atoms with Gasteiger partial charge in [-0.1, -0.05) is 7.43 Å². The molecule has 0 radical (unpaired) electrons. The lowest BCUT2D eigenvalue weighted by Crippen LogP contribution is -2.44. The molecule has 0 spiro atoms. The van der Waals surface area contributed by atoms with Crippen LogP contribution in [0, 0.1) is 0 Å². The number of hydrogen-bond acceptors (Lipinski definition) is 10. The van der Waals surface area contributed by atoms with Crippen molar-refractivity contribution in [3.63, 3.8) is 0 Å². The highest BCUT2D eigenvalue weighted by Crippen LogP contribution is 1.89. The summed E-state index contributed by atoms with van der Waals surface area (Å²) < 4.78 is 0. The largest absolute Gasteiger partial charge is 0.547 e. The van der Waals surface area contributed by atoms with E-state index in [9.17, 15) is 19.8 Å². The standard InChI is InChI=1S/2C4H8O5.CH4/c2*5-1-2(6)3(7)4(8)9;/h2*2-3,5-7H,1H2,(H,8,9);1H4/p-2/t2*2-,3+;/m00./s1. The summed E-state index contributed by atoms with van der Waals surface area (Å²) in [4.78, 5) is 19.3. The number of aliphatic hydroxyl groups is 6. The third kappa shape index (κ3) is 10.3. The predicted molar refractivity (Wildman–Crippen MR) is 54.9 cm³/mol. The summed E-state index contributed by atoms with van der Waals surface area (Å²) in [6, 6.07) is 0. The van der Waals surface area contributed by atoms with Crippen LogP contribution in [0.3, 0.4) is 0 Å². The van der Waals surface area contributed by atoms with E-state index < -0.39 is 49.6 Å². The molecule has 116 valence electrons. The van der Waals surface area contributed by atoms with E-state index in [1.54, 1.807) is 0 Å². The van der Waals surface area contributed by atoms with E-state index in [2.05, 4.69) is 0 Å². The molecular formula is C9H18O10-2. The molecule has 10 heteroatoms. The number of aliphatic carboxylic acids is 2. The van der Waals surface area contributed by atoms with E-state index in [0.29, 0.717) is 0 Å². The van der Waals surface area contributed by atoms with Crippen molar-refractivity contribution < 1.29 is 50.4 Å². The van der Waals surface area contributed by atoms with Gasteiger partial charge in [-0.25, -0.2) is 0 Å². The predicted octanol–water partition coefficient (Wildman–Crippen LogP) is -6.46. The Morgan fingerprint density at radius 3 is 1.05 bits per heavy atom. The quantitative estimate of drug-likeness (QED) is 0.272. The van der Waals surface area contributed by atoms with Crippen LogP contribution in [0.25, 0.3) is 0 Å². The summed E-state index contributed by atoms with van der Waals surface area (Å²) >= 11 is 0. The van der Waals surface area contributed by atoms with Crippen molar-refractivity contribution in [1.29, 1.82) is 0 Å². The molecule has 0 aromatic heterocycles. The van der Waals surface area contributed by atoms with Crippen LogP contribution in [-0.4, -0.2) is 80.2 Å². The highest BCUT2D eigenvalue weighted by atomic mass is 16.4. The lowest BCUT2D eigenvalue weighted by Gasteiger charge is -2.15. The molecule has 0 heterocycles. The molecular weight excluding hydrogens is 268 g/mol. The summed E-state index contributed by atoms with van der Waals surface area (Å²) in [5, 5.41) is 68.8. The Hall–Kier alpha value is -1.30. The zero-order valence-corrected chi connectivity index (χ0v) is 9.04. The second-order valence-electron chi connectivity index (χ2n) is 3.03. The Labute approximate surface area is 108 Å². The minimum absolute atomic E-state index is 0. The van der Waals surface area contributed by atoms with Gasteiger partial charge in [0.25, 0.3) is 0 Å². The second-order valence-corrected chi connectivity index (χ2v) is 3.03. The van der Waals surface area contributed by atoms with Crippen molar-refractivity contribution in [3.05, 3.63) is 0 Å². The Morgan fingerprint density at radius 1 is 0.789 bits per heavy atom. The van der Waals surface area contributed by atoms with Crippen LogP contribution in [0.15, 0.2) is 0 Å². The average Bonchev–Trinajstić information content (AvgIpc) is 2.35. The molecule has 0 saturated carbocycles. The first kappa shape index (κ1) is 22.8. The van der Waals surface area contributed by atoms with Crippen LogP contribution in [0.4, 0.5) is 0 Å². The fourth-order valence-corrected chi connectivity index (χ4v) is 0.514. The van der Waals surface area contributed by atoms with Gasteiger partial charge < -0.3 is 50.4 Å². The van der Waals surface area contributed by atoms with Crippen LogP contribution < -0.4 is 10.2 Å². The fraction of sp³-hybridized carbons (Fsp3) is 0.778. The first-order valence-electron chi connectivity index (χ1n) is 4.54. The molecule has 0 fully saturated rings. The summed E-state index contributed by atoms with van der Waals surface area (Å²) in [6.45, 7) is -1.59. The molecule has 0 amide bonds. The number of hydrogen-bond donors (Lipinski definition) is 6. The normalized spacial score (nSPS) is 15.9. The molecule has 6 N–H and O–H groups in total. The van der Waals surface area contributed by atoms with Gasteiger partial charge in [-0.15, -0.1) is 0 Å². The Bertz CT molecular complexity index is 229. The minimum atomic E-state index is -2.00. The van der Waals surface area contributed by atoms with E-state index >= 15 is 0 Å². The highest BCUT2D eigenvalue weighted by Gasteiger charge is 2.15. The number of carboxylic acid groups (broad SMARTS) is 2. The molecule has 0 rings (SSSR count). The van der Waals surface area contributed by atoms with Crippen molar-refractivity contribution in [3.8, 4) is 0 Å². The van der Waals surface area contributed by atoms with E-state index in [1.165, 1.54) is 0 Å². The van der Waals surface area contributed by atoms with Gasteiger partial charge in [-0.3, -0.25) is 0 Å². The van der Waals surface area contributed by atoms with Gasteiger partial charge >= 0.3 is 0 Å². The maximum Gasteiger partial charge on any atom is 0.121 e. The van der Waals surface area contributed by atoms with Gasteiger partial charge in [0.05, 0.1) is 25.2 Å². The lowest BCUT2D eigenvalue weighted by molar-refractivity contribution is -0.319. The van der Waals surface area contributed by atoms with Crippen LogP contribution in [0.1, 0.15) is 7.43 Å². The van der Waals surface area contributed by atoms with Crippen molar-refractivity contribution in [2.45, 2.75) is 31.8 Å². The van der Waals surface area contributed by atoms with Gasteiger partial charge in [-0.05, 0) is 0 Å². The van der Waals surface area contributed by atoms with Crippen LogP contribution >= 0.6 is 0 Å². The summed E-state index contributed by atoms with van der Waals surface area (Å²) in [6.07, 6.45) is -7.32. The molecule has 0 aromatic rings. The minimum Gasteiger partial charge on any atom is -0.547 e. The van der Waals surface area contributed by atoms with E-state index in [1.807, 2.05) is 0 Å². The smallest absolute Gasteiger partial charge is 0.121 e. The number of carbonyl (C=O) groups is 2. The van der Waals surface area contributed by atoms with Gasteiger partial charge in [0.15, 0.2) is 0 Å². The summed E-state index contributed by atoms with van der Waals surface area (Å²) in [5.41, 5.74) is 0. The van der Waals surface area contributed by atoms with E-state index in [0.717, 1.165) is 0 Å². The molecule has 0 bridgehead atoms. The zero-order chi connectivity index (χ0) is 14.9. The SMILES string of the molecule is C.O=C([O-])[C@H](O)[C@@H](O)CO.O=C([O-])[C@H](O)[C@@H](O)CO. The third-order valence-corrected chi connectivity index (χ3v) is 1.59. The first-order chi connectivity index (χ1) is 8.18. The Kier molecular flexibility index (Phi) is 14.2. The maximum atomic E-state index is 9.67. The van der Waals surface area contributed by atoms with Crippen LogP contribution in [-0.2, 0) is 9.59 Å². The summed E-state index contributed by atoms with van der Waals surface area (Å²) in [5.74, 6) is -3.59. The zero-order valence-electron chi connectivity index (χ0n) is 9.04. The fourth-order valence-electron chi connectivity index (χ4n) is 0.514. The Morgan fingerprint density at radius 2 is 1.00 bits per heavy atom. The molecule has 4 atom stereocenters. The highest BCUT2D eigenvalue weighted by molar-refractivity contribution is 5.70. The monoisotopic (exact) mass is 286 g/mol. The molecule has 19 heavy (non-hydrogen) atoms. The van der Waals surface area contributed by atoms with E-state index in [4.69, 9.17) is 30.6 Å². The van der Waals surface area contributed by atoms with Crippen molar-refractivity contribution in [1.82, 2.24) is 0 Å². The first-order valence-corrected chi connectivity index (χ1v) is 4.54. The van der Waals surface area contributed by atoms with Crippen LogP contribution in [0.5, 0.6) is 0 Å². The topological polar surface area (TPSA) is 202 Å². The molecule has 0 saturated heterocycles. The average molecular weight is 286 g/mol. The van der Waals surface area contributed by atoms with Crippen LogP contribution in [0.2, 0.25) is 0 Å². The summed E-state index contributed by atoms with van der Waals surface area (Å²) in [7, 11) is 0. The third-order valence-electron chi connectivity index (χ3n) is 1.59. The molecule has 0 aliphatic heterocycles. The molecule has 0 aromatic carbocycles. The molecule has 0 aliphatic carbocycles. The number of carboxylic acids is 2. The van der Waals surface area contributed by atoms with Gasteiger partial charge in [-0.2, -0.15) is 0 Å².